The highest BCUT2D eigenvalue weighted by Gasteiger charge is 2.07. The molecule has 0 aliphatic rings. The maximum atomic E-state index is 11.4. The van der Waals surface area contributed by atoms with Crippen molar-refractivity contribution in [2.75, 3.05) is 0 Å². The van der Waals surface area contributed by atoms with E-state index in [0.717, 1.165) is 0 Å². The van der Waals surface area contributed by atoms with Crippen molar-refractivity contribution in [1.29, 1.82) is 0 Å². The van der Waals surface area contributed by atoms with Crippen molar-refractivity contribution in [2.24, 2.45) is 14.1 Å². The van der Waals surface area contributed by atoms with Crippen molar-refractivity contribution < 1.29 is 0 Å². The first-order valence-corrected chi connectivity index (χ1v) is 4.13. The van der Waals surface area contributed by atoms with E-state index >= 15 is 0 Å². The Labute approximate surface area is 79.2 Å². The molecule has 2 heterocycles. The molecule has 0 radical (unpaired) electrons. The first-order valence-electron chi connectivity index (χ1n) is 4.13. The molecule has 0 N–H and O–H groups in total. The lowest BCUT2D eigenvalue weighted by Crippen LogP contribution is -2.39. The van der Waals surface area contributed by atoms with Crippen LogP contribution in [-0.4, -0.2) is 14.1 Å². The highest BCUT2D eigenvalue weighted by molar-refractivity contribution is 5.69. The Morgan fingerprint density at radius 1 is 1.14 bits per heavy atom. The van der Waals surface area contributed by atoms with Crippen LogP contribution < -0.4 is 11.1 Å². The minimum Gasteiger partial charge on any atom is -0.304 e. The normalized spacial score (nSPS) is 10.7. The van der Waals surface area contributed by atoms with E-state index in [1.54, 1.807) is 32.4 Å². The summed E-state index contributed by atoms with van der Waals surface area (Å²) in [4.78, 5) is 26.8. The van der Waals surface area contributed by atoms with Crippen LogP contribution in [0.25, 0.3) is 11.2 Å². The summed E-state index contributed by atoms with van der Waals surface area (Å²) in [6.07, 6.45) is 1.59. The molecule has 0 spiro atoms. The van der Waals surface area contributed by atoms with E-state index in [2.05, 4.69) is 4.98 Å². The molecule has 14 heavy (non-hydrogen) atoms. The lowest BCUT2D eigenvalue weighted by Gasteiger charge is -2.06. The second-order valence-corrected chi connectivity index (χ2v) is 3.07. The number of aryl methyl sites for hydroxylation is 2. The fourth-order valence-electron chi connectivity index (χ4n) is 1.40. The van der Waals surface area contributed by atoms with Gasteiger partial charge in [-0.1, -0.05) is 0 Å². The first-order chi connectivity index (χ1) is 6.63. The summed E-state index contributed by atoms with van der Waals surface area (Å²) >= 11 is 0. The molecular weight excluding hydrogens is 182 g/mol. The third kappa shape index (κ3) is 0.985. The van der Waals surface area contributed by atoms with Gasteiger partial charge < -0.3 is 4.57 Å². The molecule has 0 amide bonds. The fourth-order valence-corrected chi connectivity index (χ4v) is 1.40. The predicted octanol–water partition coefficient (Wildman–Crippen LogP) is -0.368. The molecule has 72 valence electrons. The Balaban J connectivity index is 3.19. The summed E-state index contributed by atoms with van der Waals surface area (Å²) in [6.45, 7) is 0. The molecule has 2 aromatic rings. The molecule has 5 heteroatoms. The predicted molar refractivity (Wildman–Crippen MR) is 52.2 cm³/mol. The summed E-state index contributed by atoms with van der Waals surface area (Å²) in [5.41, 5.74) is 0.0749. The molecule has 5 nitrogen and oxygen atoms in total. The zero-order valence-electron chi connectivity index (χ0n) is 7.89. The quantitative estimate of drug-likeness (QED) is 0.534. The third-order valence-electron chi connectivity index (χ3n) is 2.24. The van der Waals surface area contributed by atoms with Gasteiger partial charge >= 0.3 is 11.1 Å². The number of hydrogen-bond donors (Lipinski definition) is 0. The Morgan fingerprint density at radius 2 is 1.79 bits per heavy atom. The number of hydrogen-bond acceptors (Lipinski definition) is 3. The molecule has 0 bridgehead atoms. The van der Waals surface area contributed by atoms with Gasteiger partial charge in [-0.15, -0.1) is 0 Å². The summed E-state index contributed by atoms with van der Waals surface area (Å²) in [7, 11) is 3.10. The van der Waals surface area contributed by atoms with Crippen LogP contribution in [0.1, 0.15) is 0 Å². The number of rotatable bonds is 0. The lowest BCUT2D eigenvalue weighted by molar-refractivity contribution is 0.788. The molecule has 0 aliphatic carbocycles. The van der Waals surface area contributed by atoms with Crippen LogP contribution in [0.2, 0.25) is 0 Å². The van der Waals surface area contributed by atoms with Gasteiger partial charge in [0.25, 0.3) is 0 Å². The minimum absolute atomic E-state index is 0.514. The van der Waals surface area contributed by atoms with Crippen molar-refractivity contribution in [3.05, 3.63) is 39.0 Å². The second-order valence-electron chi connectivity index (χ2n) is 3.07. The van der Waals surface area contributed by atoms with Gasteiger partial charge in [0.1, 0.15) is 0 Å². The zero-order chi connectivity index (χ0) is 10.3. The molecule has 0 fully saturated rings. The van der Waals surface area contributed by atoms with Crippen molar-refractivity contribution in [3.8, 4) is 0 Å². The van der Waals surface area contributed by atoms with Crippen LogP contribution in [0, 0.1) is 0 Å². The molecule has 0 aromatic carbocycles. The van der Waals surface area contributed by atoms with Gasteiger partial charge in [0.15, 0.2) is 5.65 Å². The minimum atomic E-state index is -0.557. The lowest BCUT2D eigenvalue weighted by atomic mass is 10.4. The van der Waals surface area contributed by atoms with E-state index in [-0.39, 0.29) is 0 Å². The topological polar surface area (TPSA) is 56.9 Å². The molecule has 0 unspecified atom stereocenters. The number of fused-ring (bicyclic) bond motifs is 1. The average Bonchev–Trinajstić information content (AvgIpc) is 2.23. The van der Waals surface area contributed by atoms with E-state index in [1.807, 2.05) is 0 Å². The molecular formula is C9H9N3O2. The molecule has 2 rings (SSSR count). The van der Waals surface area contributed by atoms with Crippen LogP contribution in [0.3, 0.4) is 0 Å². The highest BCUT2D eigenvalue weighted by Crippen LogP contribution is 2.03. The second kappa shape index (κ2) is 2.80. The Bertz CT molecular complexity index is 555. The van der Waals surface area contributed by atoms with Crippen LogP contribution in [0.5, 0.6) is 0 Å². The van der Waals surface area contributed by atoms with Crippen molar-refractivity contribution in [3.63, 3.8) is 0 Å². The summed E-state index contributed by atoms with van der Waals surface area (Å²) in [6, 6.07) is 3.48. The van der Waals surface area contributed by atoms with Gasteiger partial charge in [0.05, 0.1) is 5.52 Å². The third-order valence-corrected chi connectivity index (χ3v) is 2.24. The number of pyridine rings is 1. The highest BCUT2D eigenvalue weighted by atomic mass is 16.2. The van der Waals surface area contributed by atoms with E-state index in [0.29, 0.717) is 11.2 Å². The van der Waals surface area contributed by atoms with Gasteiger partial charge in [-0.3, -0.25) is 14.2 Å². The van der Waals surface area contributed by atoms with E-state index in [9.17, 15) is 9.59 Å². The zero-order valence-corrected chi connectivity index (χ0v) is 7.89. The van der Waals surface area contributed by atoms with Crippen LogP contribution in [0.4, 0.5) is 0 Å². The molecule has 0 saturated heterocycles. The molecule has 0 saturated carbocycles. The first kappa shape index (κ1) is 8.68. The van der Waals surface area contributed by atoms with E-state index in [1.165, 1.54) is 9.13 Å². The largest absolute Gasteiger partial charge is 0.317 e. The standard InChI is InChI=1S/C9H9N3O2/c1-11-6-4-3-5-10-7(6)12(2)9(14)8(11)13/h3-5H,1-2H3. The monoisotopic (exact) mass is 191 g/mol. The van der Waals surface area contributed by atoms with Crippen molar-refractivity contribution in [1.82, 2.24) is 14.1 Å². The van der Waals surface area contributed by atoms with Gasteiger partial charge in [0.2, 0.25) is 0 Å². The SMILES string of the molecule is Cn1c(=O)c(=O)n(C)c2ncccc21. The Morgan fingerprint density at radius 3 is 2.50 bits per heavy atom. The van der Waals surface area contributed by atoms with Gasteiger partial charge in [0, 0.05) is 20.3 Å². The van der Waals surface area contributed by atoms with E-state index in [4.69, 9.17) is 0 Å². The van der Waals surface area contributed by atoms with Crippen LogP contribution >= 0.6 is 0 Å². The Kier molecular flexibility index (Phi) is 1.73. The smallest absolute Gasteiger partial charge is 0.304 e. The van der Waals surface area contributed by atoms with Crippen LogP contribution in [0.15, 0.2) is 27.9 Å². The number of aromatic nitrogens is 3. The average molecular weight is 191 g/mol. The van der Waals surface area contributed by atoms with Crippen molar-refractivity contribution >= 4 is 11.2 Å². The summed E-state index contributed by atoms with van der Waals surface area (Å²) < 4.78 is 2.57. The van der Waals surface area contributed by atoms with Crippen LogP contribution in [-0.2, 0) is 14.1 Å². The Hall–Kier alpha value is -1.91. The molecule has 0 aliphatic heterocycles. The molecule has 0 atom stereocenters. The van der Waals surface area contributed by atoms with Gasteiger partial charge in [-0.25, -0.2) is 4.98 Å². The van der Waals surface area contributed by atoms with Gasteiger partial charge in [-0.2, -0.15) is 0 Å². The summed E-state index contributed by atoms with van der Waals surface area (Å²) in [5.74, 6) is 0. The molecule has 2 aromatic heterocycles. The van der Waals surface area contributed by atoms with Gasteiger partial charge in [-0.05, 0) is 12.1 Å². The maximum Gasteiger partial charge on any atom is 0.317 e. The summed E-state index contributed by atoms with van der Waals surface area (Å²) in [5, 5.41) is 0. The van der Waals surface area contributed by atoms with E-state index < -0.39 is 11.1 Å². The maximum absolute atomic E-state index is 11.4. The number of nitrogens with zero attached hydrogens (tertiary/aromatic N) is 3. The van der Waals surface area contributed by atoms with Crippen molar-refractivity contribution in [2.45, 2.75) is 0 Å². The fraction of sp³-hybridized carbons (Fsp3) is 0.222.